The molecule has 0 radical (unpaired) electrons. The van der Waals surface area contributed by atoms with E-state index in [0.717, 1.165) is 136 Å². The molecule has 2 heterocycles. The molecule has 0 spiro atoms. The van der Waals surface area contributed by atoms with Crippen LogP contribution in [0, 0.1) is 0 Å². The second-order valence-corrected chi connectivity index (χ2v) is 15.8. The second-order valence-electron chi connectivity index (χ2n) is 15.8. The van der Waals surface area contributed by atoms with Crippen LogP contribution in [0.25, 0.3) is 0 Å². The summed E-state index contributed by atoms with van der Waals surface area (Å²) in [5.41, 5.74) is 11.5. The number of ether oxygens (including phenoxy) is 5. The SMILES string of the molecule is COc1cc2c(cc1OC)CN(C=Nc1ccc3c(c1)C(O)CCCC3)CC2.COc1cc2c(cc1OC)CN(C=Nc1ccc3c(c1)C(OC(C)=O)CCCC3)CC2. The predicted octanol–water partition coefficient (Wildman–Crippen LogP) is 8.93. The van der Waals surface area contributed by atoms with Crippen LogP contribution in [0.15, 0.2) is 70.6 Å². The van der Waals surface area contributed by atoms with Gasteiger partial charge in [-0.25, -0.2) is 9.98 Å². The minimum atomic E-state index is -0.364. The Labute approximate surface area is 348 Å². The molecule has 0 aromatic heterocycles. The highest BCUT2D eigenvalue weighted by Gasteiger charge is 2.23. The zero-order chi connectivity index (χ0) is 41.3. The summed E-state index contributed by atoms with van der Waals surface area (Å²) in [5, 5.41) is 10.4. The molecule has 0 saturated carbocycles. The van der Waals surface area contributed by atoms with Crippen molar-refractivity contribution in [2.75, 3.05) is 41.5 Å². The van der Waals surface area contributed by atoms with Gasteiger partial charge in [0.2, 0.25) is 0 Å². The maximum Gasteiger partial charge on any atom is 0.303 e. The number of carbonyl (C=O) groups is 1. The fourth-order valence-electron chi connectivity index (χ4n) is 8.63. The lowest BCUT2D eigenvalue weighted by Crippen LogP contribution is -2.29. The van der Waals surface area contributed by atoms with E-state index in [1.54, 1.807) is 28.4 Å². The summed E-state index contributed by atoms with van der Waals surface area (Å²) in [7, 11) is 6.66. The van der Waals surface area contributed by atoms with Gasteiger partial charge in [-0.15, -0.1) is 0 Å². The van der Waals surface area contributed by atoms with Crippen LogP contribution in [0.5, 0.6) is 23.0 Å². The molecular weight excluding hydrogens is 745 g/mol. The molecule has 0 saturated heterocycles. The standard InChI is InChI=1S/C25H30N2O4.C23H28N2O3/c1-17(28)31-23-7-5-4-6-18-8-9-21(14-22(18)23)26-16-27-11-10-19-12-24(29-2)25(30-3)13-20(19)15-27;1-27-22-11-17-9-10-25(14-18(17)12-23(22)28-2)15-24-19-8-7-16-5-3-4-6-21(26)20(16)13-19/h8-9,12-14,16,23H,4-7,10-11,15H2,1-3H3;7-8,11-13,15,21,26H,3-6,9-10,14H2,1-2H3. The Morgan fingerprint density at radius 1 is 0.593 bits per heavy atom. The summed E-state index contributed by atoms with van der Waals surface area (Å²) in [4.78, 5) is 25.4. The smallest absolute Gasteiger partial charge is 0.303 e. The largest absolute Gasteiger partial charge is 0.493 e. The molecule has 11 heteroatoms. The van der Waals surface area contributed by atoms with Crippen molar-refractivity contribution >= 4 is 30.0 Å². The van der Waals surface area contributed by atoms with Gasteiger partial charge in [-0.05, 0) is 151 Å². The number of hydrogen-bond donors (Lipinski definition) is 1. The second kappa shape index (κ2) is 19.5. The molecule has 4 aromatic rings. The number of nitrogens with zero attached hydrogens (tertiary/aromatic N) is 4. The molecule has 8 rings (SSSR count). The Morgan fingerprint density at radius 3 is 1.54 bits per heavy atom. The van der Waals surface area contributed by atoms with Gasteiger partial charge in [0.05, 0.1) is 58.6 Å². The van der Waals surface area contributed by atoms with Crippen molar-refractivity contribution in [2.45, 2.75) is 96.4 Å². The Bertz CT molecular complexity index is 2170. The van der Waals surface area contributed by atoms with Gasteiger partial charge in [0.15, 0.2) is 23.0 Å². The highest BCUT2D eigenvalue weighted by atomic mass is 16.5. The molecule has 0 amide bonds. The average molecular weight is 803 g/mol. The highest BCUT2D eigenvalue weighted by molar-refractivity contribution is 5.67. The monoisotopic (exact) mass is 802 g/mol. The number of aliphatic imine (C=N–C) groups is 2. The number of hydrogen-bond acceptors (Lipinski definition) is 9. The summed E-state index contributed by atoms with van der Waals surface area (Å²) >= 11 is 0. The summed E-state index contributed by atoms with van der Waals surface area (Å²) in [5.74, 6) is 2.84. The lowest BCUT2D eigenvalue weighted by atomic mass is 9.99. The van der Waals surface area contributed by atoms with Crippen molar-refractivity contribution < 1.29 is 33.6 Å². The van der Waals surface area contributed by atoms with Crippen LogP contribution in [0.4, 0.5) is 11.4 Å². The van der Waals surface area contributed by atoms with E-state index in [-0.39, 0.29) is 18.2 Å². The normalized spacial score (nSPS) is 18.6. The van der Waals surface area contributed by atoms with Crippen LogP contribution in [-0.2, 0) is 48.3 Å². The fraction of sp³-hybridized carbons (Fsp3) is 0.438. The van der Waals surface area contributed by atoms with Crippen molar-refractivity contribution in [3.8, 4) is 23.0 Å². The van der Waals surface area contributed by atoms with Crippen molar-refractivity contribution in [1.29, 1.82) is 0 Å². The van der Waals surface area contributed by atoms with Crippen LogP contribution in [-0.4, -0.2) is 75.1 Å². The molecule has 1 N–H and O–H groups in total. The number of benzene rings is 4. The lowest BCUT2D eigenvalue weighted by molar-refractivity contribution is -0.147. The number of esters is 1. The maximum atomic E-state index is 11.6. The number of rotatable bonds is 9. The van der Waals surface area contributed by atoms with Gasteiger partial charge < -0.3 is 38.6 Å². The van der Waals surface area contributed by atoms with E-state index in [1.165, 1.54) is 40.3 Å². The Hall–Kier alpha value is -5.55. The van der Waals surface area contributed by atoms with E-state index < -0.39 is 0 Å². The molecule has 0 bridgehead atoms. The number of methoxy groups -OCH3 is 4. The molecule has 59 heavy (non-hydrogen) atoms. The van der Waals surface area contributed by atoms with Crippen LogP contribution in [0.1, 0.15) is 102 Å². The Kier molecular flexibility index (Phi) is 13.7. The Balaban J connectivity index is 0.000000180. The van der Waals surface area contributed by atoms with Gasteiger partial charge in [0.1, 0.15) is 6.10 Å². The van der Waals surface area contributed by atoms with Crippen LogP contribution in [0.2, 0.25) is 0 Å². The quantitative estimate of drug-likeness (QED) is 0.0767. The Morgan fingerprint density at radius 2 is 1.05 bits per heavy atom. The molecule has 0 fully saturated rings. The van der Waals surface area contributed by atoms with Crippen LogP contribution in [0.3, 0.4) is 0 Å². The average Bonchev–Trinajstić information content (AvgIpc) is 3.58. The first-order valence-corrected chi connectivity index (χ1v) is 20.9. The van der Waals surface area contributed by atoms with Crippen molar-refractivity contribution in [3.05, 3.63) is 105 Å². The zero-order valence-electron chi connectivity index (χ0n) is 35.2. The van der Waals surface area contributed by atoms with Gasteiger partial charge in [-0.1, -0.05) is 18.6 Å². The maximum absolute atomic E-state index is 11.6. The lowest BCUT2D eigenvalue weighted by Gasteiger charge is -2.27. The molecule has 2 atom stereocenters. The molecule has 2 unspecified atom stereocenters. The van der Waals surface area contributed by atoms with E-state index >= 15 is 0 Å². The summed E-state index contributed by atoms with van der Waals surface area (Å²) in [6, 6.07) is 20.8. The van der Waals surface area contributed by atoms with E-state index in [1.807, 2.05) is 18.7 Å². The third-order valence-electron chi connectivity index (χ3n) is 11.8. The number of aliphatic hydroxyl groups is 1. The summed E-state index contributed by atoms with van der Waals surface area (Å²) < 4.78 is 27.3. The van der Waals surface area contributed by atoms with E-state index in [0.29, 0.717) is 0 Å². The first kappa shape index (κ1) is 41.6. The van der Waals surface area contributed by atoms with Crippen LogP contribution < -0.4 is 18.9 Å². The van der Waals surface area contributed by atoms with E-state index in [2.05, 4.69) is 69.4 Å². The predicted molar refractivity (Wildman–Crippen MR) is 231 cm³/mol. The number of fused-ring (bicyclic) bond motifs is 4. The molecule has 2 aliphatic heterocycles. The van der Waals surface area contributed by atoms with E-state index in [9.17, 15) is 9.90 Å². The van der Waals surface area contributed by atoms with Crippen LogP contribution >= 0.6 is 0 Å². The molecule has 4 aromatic carbocycles. The molecule has 2 aliphatic carbocycles. The van der Waals surface area contributed by atoms with Crippen molar-refractivity contribution in [3.63, 3.8) is 0 Å². The fourth-order valence-corrected chi connectivity index (χ4v) is 8.63. The number of aliphatic hydroxyl groups excluding tert-OH is 1. The summed E-state index contributed by atoms with van der Waals surface area (Å²) in [6.45, 7) is 4.87. The van der Waals surface area contributed by atoms with Crippen molar-refractivity contribution in [1.82, 2.24) is 9.80 Å². The first-order chi connectivity index (χ1) is 28.7. The number of aryl methyl sites for hydroxylation is 2. The topological polar surface area (TPSA) is 115 Å². The van der Waals surface area contributed by atoms with E-state index in [4.69, 9.17) is 28.7 Å². The summed E-state index contributed by atoms with van der Waals surface area (Å²) in [6.07, 6.45) is 13.4. The van der Waals surface area contributed by atoms with Gasteiger partial charge in [-0.3, -0.25) is 4.79 Å². The van der Waals surface area contributed by atoms with Gasteiger partial charge in [-0.2, -0.15) is 0 Å². The minimum absolute atomic E-state index is 0.172. The van der Waals surface area contributed by atoms with Gasteiger partial charge in [0.25, 0.3) is 0 Å². The third kappa shape index (κ3) is 10.2. The van der Waals surface area contributed by atoms with Gasteiger partial charge in [0, 0.05) is 33.1 Å². The number of carbonyl (C=O) groups excluding carboxylic acids is 1. The molecular formula is C48H58N4O7. The highest BCUT2D eigenvalue weighted by Crippen LogP contribution is 2.37. The van der Waals surface area contributed by atoms with Crippen molar-refractivity contribution in [2.24, 2.45) is 9.98 Å². The minimum Gasteiger partial charge on any atom is -0.493 e. The molecule has 4 aliphatic rings. The molecule has 312 valence electrons. The molecule has 11 nitrogen and oxygen atoms in total. The third-order valence-corrected chi connectivity index (χ3v) is 11.8. The zero-order valence-corrected chi connectivity index (χ0v) is 35.2. The van der Waals surface area contributed by atoms with Gasteiger partial charge >= 0.3 is 5.97 Å². The first-order valence-electron chi connectivity index (χ1n) is 20.9.